The van der Waals surface area contributed by atoms with Gasteiger partial charge in [0.1, 0.15) is 0 Å². The van der Waals surface area contributed by atoms with E-state index in [0.717, 1.165) is 25.6 Å². The van der Waals surface area contributed by atoms with Crippen LogP contribution in [0.15, 0.2) is 0 Å². The number of rotatable bonds is 4. The minimum atomic E-state index is -0.714. The molecule has 110 valence electrons. The van der Waals surface area contributed by atoms with E-state index in [9.17, 15) is 4.79 Å². The Morgan fingerprint density at radius 2 is 2.00 bits per heavy atom. The van der Waals surface area contributed by atoms with Crippen molar-refractivity contribution in [3.63, 3.8) is 0 Å². The molecule has 0 spiro atoms. The van der Waals surface area contributed by atoms with E-state index in [0.29, 0.717) is 32.6 Å². The van der Waals surface area contributed by atoms with Gasteiger partial charge in [-0.3, -0.25) is 4.79 Å². The van der Waals surface area contributed by atoms with E-state index >= 15 is 0 Å². The number of likely N-dealkylation sites (tertiary alicyclic amines) is 1. The quantitative estimate of drug-likeness (QED) is 0.772. The predicted molar refractivity (Wildman–Crippen MR) is 74.8 cm³/mol. The summed E-state index contributed by atoms with van der Waals surface area (Å²) >= 11 is 0. The molecule has 5 heteroatoms. The molecule has 19 heavy (non-hydrogen) atoms. The minimum Gasteiger partial charge on any atom is -0.381 e. The van der Waals surface area contributed by atoms with Crippen LogP contribution in [0.1, 0.15) is 32.6 Å². The van der Waals surface area contributed by atoms with Gasteiger partial charge in [0, 0.05) is 26.3 Å². The van der Waals surface area contributed by atoms with E-state index in [1.54, 1.807) is 0 Å². The number of carbonyl (C=O) groups excluding carboxylic acids is 1. The molecule has 0 unspecified atom stereocenters. The molecule has 2 saturated heterocycles. The SMILES string of the molecule is CC1CCN(CCNC(=O)C2(N)CCOCC2)CC1. The first-order valence-electron chi connectivity index (χ1n) is 7.47. The monoisotopic (exact) mass is 269 g/mol. The van der Waals surface area contributed by atoms with E-state index in [2.05, 4.69) is 17.1 Å². The van der Waals surface area contributed by atoms with Crippen LogP contribution in [0.4, 0.5) is 0 Å². The van der Waals surface area contributed by atoms with E-state index in [1.165, 1.54) is 12.8 Å². The van der Waals surface area contributed by atoms with Crippen molar-refractivity contribution in [2.75, 3.05) is 39.4 Å². The van der Waals surface area contributed by atoms with Crippen LogP contribution in [0.2, 0.25) is 0 Å². The maximum absolute atomic E-state index is 12.1. The second kappa shape index (κ2) is 6.68. The lowest BCUT2D eigenvalue weighted by molar-refractivity contribution is -0.129. The smallest absolute Gasteiger partial charge is 0.240 e. The van der Waals surface area contributed by atoms with Gasteiger partial charge >= 0.3 is 0 Å². The topological polar surface area (TPSA) is 67.6 Å². The molecule has 2 aliphatic rings. The summed E-state index contributed by atoms with van der Waals surface area (Å²) in [5.74, 6) is 0.835. The van der Waals surface area contributed by atoms with Gasteiger partial charge in [0.2, 0.25) is 5.91 Å². The molecule has 2 aliphatic heterocycles. The molecule has 3 N–H and O–H groups in total. The van der Waals surface area contributed by atoms with Crippen molar-refractivity contribution >= 4 is 5.91 Å². The summed E-state index contributed by atoms with van der Waals surface area (Å²) in [6.07, 6.45) is 3.79. The third kappa shape index (κ3) is 4.16. The number of amides is 1. The van der Waals surface area contributed by atoms with Gasteiger partial charge in [-0.2, -0.15) is 0 Å². The number of hydrogen-bond acceptors (Lipinski definition) is 4. The highest BCUT2D eigenvalue weighted by atomic mass is 16.5. The minimum absolute atomic E-state index is 0.0128. The molecule has 0 saturated carbocycles. The van der Waals surface area contributed by atoms with Gasteiger partial charge in [-0.05, 0) is 44.7 Å². The van der Waals surface area contributed by atoms with Gasteiger partial charge in [-0.1, -0.05) is 6.92 Å². The zero-order chi connectivity index (χ0) is 13.7. The highest BCUT2D eigenvalue weighted by Crippen LogP contribution is 2.18. The number of carbonyl (C=O) groups is 1. The van der Waals surface area contributed by atoms with Crippen molar-refractivity contribution in [2.24, 2.45) is 11.7 Å². The summed E-state index contributed by atoms with van der Waals surface area (Å²) in [6.45, 7) is 7.43. The second-order valence-electron chi connectivity index (χ2n) is 6.05. The molecular formula is C14H27N3O2. The van der Waals surface area contributed by atoms with Gasteiger partial charge in [0.05, 0.1) is 5.54 Å². The molecule has 0 aromatic heterocycles. The molecule has 2 heterocycles. The molecule has 2 rings (SSSR count). The molecule has 0 aromatic carbocycles. The van der Waals surface area contributed by atoms with Crippen molar-refractivity contribution in [3.8, 4) is 0 Å². The van der Waals surface area contributed by atoms with Gasteiger partial charge in [-0.25, -0.2) is 0 Å². The Bertz CT molecular complexity index is 295. The third-order valence-corrected chi connectivity index (χ3v) is 4.43. The lowest BCUT2D eigenvalue weighted by atomic mass is 9.90. The maximum atomic E-state index is 12.1. The van der Waals surface area contributed by atoms with Crippen LogP contribution in [0.5, 0.6) is 0 Å². The van der Waals surface area contributed by atoms with Crippen LogP contribution in [0.3, 0.4) is 0 Å². The summed E-state index contributed by atoms with van der Waals surface area (Å²) < 4.78 is 5.26. The number of nitrogens with one attached hydrogen (secondary N) is 1. The average Bonchev–Trinajstić information content (AvgIpc) is 2.42. The molecule has 0 bridgehead atoms. The molecule has 5 nitrogen and oxygen atoms in total. The molecule has 0 aromatic rings. The van der Waals surface area contributed by atoms with Crippen molar-refractivity contribution < 1.29 is 9.53 Å². The predicted octanol–water partition coefficient (Wildman–Crippen LogP) is 0.342. The third-order valence-electron chi connectivity index (χ3n) is 4.43. The van der Waals surface area contributed by atoms with Crippen LogP contribution >= 0.6 is 0 Å². The van der Waals surface area contributed by atoms with Gasteiger partial charge in [0.25, 0.3) is 0 Å². The lowest BCUT2D eigenvalue weighted by Gasteiger charge is -2.33. The Hall–Kier alpha value is -0.650. The number of nitrogens with zero attached hydrogens (tertiary/aromatic N) is 1. The number of piperidine rings is 1. The number of ether oxygens (including phenoxy) is 1. The Labute approximate surface area is 115 Å². The Balaban J connectivity index is 1.66. The molecule has 0 radical (unpaired) electrons. The largest absolute Gasteiger partial charge is 0.381 e. The van der Waals surface area contributed by atoms with E-state index < -0.39 is 5.54 Å². The zero-order valence-electron chi connectivity index (χ0n) is 12.0. The van der Waals surface area contributed by atoms with E-state index in [4.69, 9.17) is 10.5 Å². The van der Waals surface area contributed by atoms with Crippen LogP contribution < -0.4 is 11.1 Å². The fourth-order valence-corrected chi connectivity index (χ4v) is 2.75. The van der Waals surface area contributed by atoms with Crippen molar-refractivity contribution in [2.45, 2.75) is 38.1 Å². The molecule has 1 amide bonds. The van der Waals surface area contributed by atoms with Crippen LogP contribution in [0.25, 0.3) is 0 Å². The van der Waals surface area contributed by atoms with Crippen LogP contribution in [-0.4, -0.2) is 55.7 Å². The second-order valence-corrected chi connectivity index (χ2v) is 6.05. The first kappa shape index (κ1) is 14.8. The molecule has 2 fully saturated rings. The molecule has 0 aliphatic carbocycles. The summed E-state index contributed by atoms with van der Waals surface area (Å²) in [4.78, 5) is 14.5. The maximum Gasteiger partial charge on any atom is 0.240 e. The summed E-state index contributed by atoms with van der Waals surface area (Å²) in [5, 5.41) is 2.99. The fourth-order valence-electron chi connectivity index (χ4n) is 2.75. The van der Waals surface area contributed by atoms with Gasteiger partial charge in [-0.15, -0.1) is 0 Å². The Kier molecular flexibility index (Phi) is 5.19. The normalized spacial score (nSPS) is 25.2. The van der Waals surface area contributed by atoms with Crippen LogP contribution in [-0.2, 0) is 9.53 Å². The van der Waals surface area contributed by atoms with Gasteiger partial charge < -0.3 is 20.7 Å². The Morgan fingerprint density at radius 1 is 1.37 bits per heavy atom. The van der Waals surface area contributed by atoms with Crippen molar-refractivity contribution in [1.82, 2.24) is 10.2 Å². The van der Waals surface area contributed by atoms with Crippen LogP contribution in [0, 0.1) is 5.92 Å². The Morgan fingerprint density at radius 3 is 2.63 bits per heavy atom. The fraction of sp³-hybridized carbons (Fsp3) is 0.929. The highest BCUT2D eigenvalue weighted by Gasteiger charge is 2.35. The van der Waals surface area contributed by atoms with Crippen molar-refractivity contribution in [3.05, 3.63) is 0 Å². The van der Waals surface area contributed by atoms with E-state index in [1.807, 2.05) is 0 Å². The van der Waals surface area contributed by atoms with Gasteiger partial charge in [0.15, 0.2) is 0 Å². The molecular weight excluding hydrogens is 242 g/mol. The zero-order valence-corrected chi connectivity index (χ0v) is 12.0. The first-order valence-corrected chi connectivity index (χ1v) is 7.47. The number of nitrogens with two attached hydrogens (primary N) is 1. The summed E-state index contributed by atoms with van der Waals surface area (Å²) in [7, 11) is 0. The standard InChI is InChI=1S/C14H27N3O2/c1-12-2-7-17(8-3-12)9-6-16-13(18)14(15)4-10-19-11-5-14/h12H,2-11,15H2,1H3,(H,16,18). The summed E-state index contributed by atoms with van der Waals surface area (Å²) in [5.41, 5.74) is 5.42. The highest BCUT2D eigenvalue weighted by molar-refractivity contribution is 5.86. The lowest BCUT2D eigenvalue weighted by Crippen LogP contribution is -2.57. The first-order chi connectivity index (χ1) is 9.10. The molecule has 0 atom stereocenters. The average molecular weight is 269 g/mol. The van der Waals surface area contributed by atoms with Crippen molar-refractivity contribution in [1.29, 1.82) is 0 Å². The number of hydrogen-bond donors (Lipinski definition) is 2. The van der Waals surface area contributed by atoms with E-state index in [-0.39, 0.29) is 5.91 Å². The summed E-state index contributed by atoms with van der Waals surface area (Å²) in [6, 6.07) is 0.